The molecule has 2 rings (SSSR count). The number of aldehydes is 1. The van der Waals surface area contributed by atoms with Crippen LogP contribution in [0.15, 0.2) is 48.5 Å². The minimum Gasteiger partial charge on any atom is -0.303 e. The molecular formula is C24H36O. The Morgan fingerprint density at radius 3 is 1.28 bits per heavy atom. The van der Waals surface area contributed by atoms with E-state index in [9.17, 15) is 4.79 Å². The summed E-state index contributed by atoms with van der Waals surface area (Å²) in [6, 6.07) is 17.2. The van der Waals surface area contributed by atoms with Gasteiger partial charge in [0.1, 0.15) is 6.29 Å². The Bertz CT molecular complexity index is 502. The molecule has 1 nitrogen and oxygen atoms in total. The van der Waals surface area contributed by atoms with E-state index in [-0.39, 0.29) is 5.92 Å². The molecule has 0 aromatic heterocycles. The average molecular weight is 341 g/mol. The van der Waals surface area contributed by atoms with Gasteiger partial charge in [0.2, 0.25) is 0 Å². The third-order valence-electron chi connectivity index (χ3n) is 4.04. The van der Waals surface area contributed by atoms with Gasteiger partial charge in [0.25, 0.3) is 0 Å². The second kappa shape index (κ2) is 14.5. The highest BCUT2D eigenvalue weighted by molar-refractivity contribution is 5.53. The summed E-state index contributed by atoms with van der Waals surface area (Å²) in [4.78, 5) is 11.3. The predicted octanol–water partition coefficient (Wildman–Crippen LogP) is 6.74. The monoisotopic (exact) mass is 340 g/mol. The lowest BCUT2D eigenvalue weighted by Crippen LogP contribution is -2.05. The molecule has 0 aliphatic rings. The molecule has 0 saturated carbocycles. The number of carbonyl (C=O) groups is 1. The number of carbonyl (C=O) groups excluding carboxylic acids is 1. The van der Waals surface area contributed by atoms with Crippen molar-refractivity contribution in [2.75, 3.05) is 0 Å². The van der Waals surface area contributed by atoms with Crippen LogP contribution in [0.3, 0.4) is 0 Å². The molecule has 2 aromatic rings. The maximum absolute atomic E-state index is 11.3. The molecule has 0 saturated heterocycles. The van der Waals surface area contributed by atoms with Gasteiger partial charge in [0.15, 0.2) is 0 Å². The van der Waals surface area contributed by atoms with Crippen LogP contribution in [0.4, 0.5) is 0 Å². The van der Waals surface area contributed by atoms with E-state index in [1.807, 2.05) is 27.7 Å². The summed E-state index contributed by atoms with van der Waals surface area (Å²) in [5.74, 6) is 0.160. The van der Waals surface area contributed by atoms with Gasteiger partial charge in [-0.25, -0.2) is 0 Å². The van der Waals surface area contributed by atoms with Crippen molar-refractivity contribution >= 4 is 6.29 Å². The summed E-state index contributed by atoms with van der Waals surface area (Å²) >= 11 is 0. The van der Waals surface area contributed by atoms with Crippen molar-refractivity contribution in [1.29, 1.82) is 0 Å². The first kappa shape index (κ1) is 23.1. The zero-order valence-corrected chi connectivity index (χ0v) is 17.0. The minimum atomic E-state index is 0.160. The third-order valence-corrected chi connectivity index (χ3v) is 4.04. The molecule has 2 aromatic carbocycles. The minimum absolute atomic E-state index is 0.160. The Morgan fingerprint density at radius 1 is 0.680 bits per heavy atom. The van der Waals surface area contributed by atoms with Gasteiger partial charge in [0.05, 0.1) is 0 Å². The summed E-state index contributed by atoms with van der Waals surface area (Å²) in [6.45, 7) is 12.2. The summed E-state index contributed by atoms with van der Waals surface area (Å²) in [7, 11) is 0. The van der Waals surface area contributed by atoms with Crippen molar-refractivity contribution in [3.05, 3.63) is 70.8 Å². The SMILES string of the molecule is CC.CC.Cc1ccc(CCC(C=O)CCc2ccc(C)cc2)cc1. The molecule has 0 fully saturated rings. The fourth-order valence-electron chi connectivity index (χ4n) is 2.49. The number of rotatable bonds is 7. The van der Waals surface area contributed by atoms with E-state index in [4.69, 9.17) is 0 Å². The van der Waals surface area contributed by atoms with Crippen molar-refractivity contribution in [3.8, 4) is 0 Å². The average Bonchev–Trinajstić information content (AvgIpc) is 2.68. The van der Waals surface area contributed by atoms with Crippen molar-refractivity contribution in [2.24, 2.45) is 5.92 Å². The van der Waals surface area contributed by atoms with Gasteiger partial charge in [-0.1, -0.05) is 87.4 Å². The quantitative estimate of drug-likeness (QED) is 0.510. The third kappa shape index (κ3) is 9.86. The molecule has 0 radical (unpaired) electrons. The molecule has 0 N–H and O–H groups in total. The number of aryl methyl sites for hydroxylation is 4. The van der Waals surface area contributed by atoms with Gasteiger partial charge in [-0.2, -0.15) is 0 Å². The molecule has 0 unspecified atom stereocenters. The molecule has 0 spiro atoms. The van der Waals surface area contributed by atoms with Crippen LogP contribution in [0.2, 0.25) is 0 Å². The van der Waals surface area contributed by atoms with E-state index >= 15 is 0 Å². The van der Waals surface area contributed by atoms with Crippen molar-refractivity contribution in [2.45, 2.75) is 67.2 Å². The van der Waals surface area contributed by atoms with Crippen LogP contribution < -0.4 is 0 Å². The first-order chi connectivity index (χ1) is 12.2. The smallest absolute Gasteiger partial charge is 0.123 e. The van der Waals surface area contributed by atoms with E-state index in [1.54, 1.807) is 0 Å². The van der Waals surface area contributed by atoms with Crippen LogP contribution in [0.1, 0.15) is 62.8 Å². The van der Waals surface area contributed by atoms with Crippen LogP contribution >= 0.6 is 0 Å². The molecule has 138 valence electrons. The molecular weight excluding hydrogens is 304 g/mol. The second-order valence-corrected chi connectivity index (χ2v) is 5.94. The second-order valence-electron chi connectivity index (χ2n) is 5.94. The fraction of sp³-hybridized carbons (Fsp3) is 0.458. The van der Waals surface area contributed by atoms with Crippen LogP contribution in [0, 0.1) is 19.8 Å². The predicted molar refractivity (Wildman–Crippen MR) is 111 cm³/mol. The van der Waals surface area contributed by atoms with Crippen LogP contribution in [0.25, 0.3) is 0 Å². The molecule has 0 aliphatic heterocycles. The number of benzene rings is 2. The number of hydrogen-bond donors (Lipinski definition) is 0. The lowest BCUT2D eigenvalue weighted by atomic mass is 9.94. The van der Waals surface area contributed by atoms with Crippen LogP contribution in [-0.2, 0) is 17.6 Å². The number of hydrogen-bond acceptors (Lipinski definition) is 1. The first-order valence-electron chi connectivity index (χ1n) is 9.74. The Morgan fingerprint density at radius 2 is 1.00 bits per heavy atom. The Labute approximate surface area is 155 Å². The maximum atomic E-state index is 11.3. The van der Waals surface area contributed by atoms with E-state index in [1.165, 1.54) is 22.3 Å². The Balaban J connectivity index is 0.00000134. The van der Waals surface area contributed by atoms with E-state index in [2.05, 4.69) is 62.4 Å². The fourth-order valence-corrected chi connectivity index (χ4v) is 2.49. The van der Waals surface area contributed by atoms with Crippen LogP contribution in [-0.4, -0.2) is 6.29 Å². The normalized spacial score (nSPS) is 9.56. The maximum Gasteiger partial charge on any atom is 0.123 e. The van der Waals surface area contributed by atoms with Crippen molar-refractivity contribution in [3.63, 3.8) is 0 Å². The largest absolute Gasteiger partial charge is 0.303 e. The molecule has 0 bridgehead atoms. The van der Waals surface area contributed by atoms with E-state index in [0.717, 1.165) is 32.0 Å². The standard InChI is InChI=1S/C20H24O.2C2H6/c1-16-3-7-18(8-4-16)11-13-20(15-21)14-12-19-9-5-17(2)6-10-19;2*1-2/h3-10,15,20H,11-14H2,1-2H3;2*1-2H3. The van der Waals surface area contributed by atoms with Crippen LogP contribution in [0.5, 0.6) is 0 Å². The molecule has 1 heteroatoms. The van der Waals surface area contributed by atoms with Gasteiger partial charge in [-0.15, -0.1) is 0 Å². The van der Waals surface area contributed by atoms with Gasteiger partial charge in [-0.3, -0.25) is 0 Å². The Hall–Kier alpha value is -1.89. The lowest BCUT2D eigenvalue weighted by molar-refractivity contribution is -0.111. The van der Waals surface area contributed by atoms with Gasteiger partial charge in [0, 0.05) is 5.92 Å². The molecule has 0 atom stereocenters. The highest BCUT2D eigenvalue weighted by Gasteiger charge is 2.08. The van der Waals surface area contributed by atoms with Crippen molar-refractivity contribution < 1.29 is 4.79 Å². The highest BCUT2D eigenvalue weighted by atomic mass is 16.1. The first-order valence-corrected chi connectivity index (χ1v) is 9.74. The van der Waals surface area contributed by atoms with Gasteiger partial charge >= 0.3 is 0 Å². The summed E-state index contributed by atoms with van der Waals surface area (Å²) in [5.41, 5.74) is 5.21. The van der Waals surface area contributed by atoms with E-state index < -0.39 is 0 Å². The highest BCUT2D eigenvalue weighted by Crippen LogP contribution is 2.15. The summed E-state index contributed by atoms with van der Waals surface area (Å²) < 4.78 is 0. The zero-order chi connectivity index (χ0) is 19.1. The van der Waals surface area contributed by atoms with Gasteiger partial charge in [-0.05, 0) is 50.7 Å². The molecule has 0 amide bonds. The topological polar surface area (TPSA) is 17.1 Å². The lowest BCUT2D eigenvalue weighted by Gasteiger charge is -2.10. The molecule has 0 aliphatic carbocycles. The zero-order valence-electron chi connectivity index (χ0n) is 17.0. The summed E-state index contributed by atoms with van der Waals surface area (Å²) in [5, 5.41) is 0. The molecule has 0 heterocycles. The van der Waals surface area contributed by atoms with E-state index in [0.29, 0.717) is 0 Å². The van der Waals surface area contributed by atoms with Gasteiger partial charge < -0.3 is 4.79 Å². The van der Waals surface area contributed by atoms with Crippen molar-refractivity contribution in [1.82, 2.24) is 0 Å². The Kier molecular flexibility index (Phi) is 13.4. The molecule has 25 heavy (non-hydrogen) atoms. The summed E-state index contributed by atoms with van der Waals surface area (Å²) in [6.07, 6.45) is 4.98.